The fraction of sp³-hybridized carbons (Fsp3) is 0.308. The summed E-state index contributed by atoms with van der Waals surface area (Å²) in [6.45, 7) is 0.910. The Morgan fingerprint density at radius 1 is 1.53 bits per heavy atom. The molecule has 1 aromatic rings. The van der Waals surface area contributed by atoms with Gasteiger partial charge in [0.05, 0.1) is 18.4 Å². The van der Waals surface area contributed by atoms with Gasteiger partial charge < -0.3 is 15.8 Å². The predicted octanol–water partition coefficient (Wildman–Crippen LogP) is 1.68. The van der Waals surface area contributed by atoms with E-state index in [0.717, 1.165) is 18.5 Å². The topological polar surface area (TPSA) is 64.3 Å². The normalized spacial score (nSPS) is 10.7. The van der Waals surface area contributed by atoms with Crippen molar-refractivity contribution in [3.05, 3.63) is 35.4 Å². The van der Waals surface area contributed by atoms with E-state index in [-0.39, 0.29) is 0 Å². The van der Waals surface area contributed by atoms with Crippen molar-refractivity contribution in [1.29, 1.82) is 0 Å². The van der Waals surface area contributed by atoms with Crippen molar-refractivity contribution >= 4 is 17.7 Å². The van der Waals surface area contributed by atoms with Crippen LogP contribution in [0.4, 0.5) is 5.69 Å². The predicted molar refractivity (Wildman–Crippen MR) is 69.8 cm³/mol. The molecule has 0 saturated heterocycles. The molecule has 0 spiro atoms. The minimum Gasteiger partial charge on any atom is -0.465 e. The Balaban J connectivity index is 2.87. The molecular weight excluding hydrogens is 216 g/mol. The molecular formula is C13H18N2O2. The van der Waals surface area contributed by atoms with E-state index < -0.39 is 5.97 Å². The first kappa shape index (κ1) is 13.3. The van der Waals surface area contributed by atoms with Crippen molar-refractivity contribution in [2.45, 2.75) is 6.42 Å². The van der Waals surface area contributed by atoms with Crippen molar-refractivity contribution in [2.75, 3.05) is 26.4 Å². The lowest BCUT2D eigenvalue weighted by Gasteiger charge is -2.06. The molecule has 1 aromatic carbocycles. The number of methoxy groups -OCH3 is 1. The lowest BCUT2D eigenvalue weighted by atomic mass is 10.1. The number of rotatable bonds is 5. The third-order valence-corrected chi connectivity index (χ3v) is 2.40. The highest BCUT2D eigenvalue weighted by molar-refractivity contribution is 5.97. The molecule has 0 radical (unpaired) electrons. The number of nitrogens with two attached hydrogens (primary N) is 1. The fourth-order valence-electron chi connectivity index (χ4n) is 1.45. The van der Waals surface area contributed by atoms with Crippen molar-refractivity contribution in [2.24, 2.45) is 0 Å². The fourth-order valence-corrected chi connectivity index (χ4v) is 1.45. The summed E-state index contributed by atoms with van der Waals surface area (Å²) in [5.74, 6) is -0.409. The summed E-state index contributed by atoms with van der Waals surface area (Å²) in [4.78, 5) is 11.4. The summed E-state index contributed by atoms with van der Waals surface area (Å²) >= 11 is 0. The number of nitrogen functional groups attached to an aromatic ring is 1. The molecule has 0 fully saturated rings. The first-order chi connectivity index (χ1) is 8.20. The van der Waals surface area contributed by atoms with Crippen LogP contribution in [0.25, 0.3) is 6.08 Å². The van der Waals surface area contributed by atoms with Crippen molar-refractivity contribution < 1.29 is 9.53 Å². The van der Waals surface area contributed by atoms with Crippen LogP contribution in [-0.4, -0.2) is 26.7 Å². The molecule has 0 aromatic heterocycles. The zero-order valence-corrected chi connectivity index (χ0v) is 10.2. The lowest BCUT2D eigenvalue weighted by Crippen LogP contribution is -2.07. The highest BCUT2D eigenvalue weighted by Crippen LogP contribution is 2.19. The number of nitrogens with one attached hydrogen (secondary N) is 1. The maximum Gasteiger partial charge on any atom is 0.339 e. The molecule has 4 heteroatoms. The molecule has 0 aliphatic heterocycles. The van der Waals surface area contributed by atoms with Gasteiger partial charge in [0.15, 0.2) is 0 Å². The molecule has 0 heterocycles. The molecule has 1 rings (SSSR count). The van der Waals surface area contributed by atoms with Gasteiger partial charge in [-0.25, -0.2) is 4.79 Å². The number of benzene rings is 1. The molecule has 4 nitrogen and oxygen atoms in total. The number of para-hydroxylation sites is 1. The molecule has 0 atom stereocenters. The van der Waals surface area contributed by atoms with Gasteiger partial charge in [-0.15, -0.1) is 0 Å². The van der Waals surface area contributed by atoms with Crippen LogP contribution in [0.1, 0.15) is 22.3 Å². The molecule has 0 amide bonds. The minimum atomic E-state index is -0.409. The van der Waals surface area contributed by atoms with Gasteiger partial charge in [-0.3, -0.25) is 0 Å². The van der Waals surface area contributed by atoms with Gasteiger partial charge in [-0.1, -0.05) is 24.3 Å². The second kappa shape index (κ2) is 6.70. The van der Waals surface area contributed by atoms with E-state index >= 15 is 0 Å². The van der Waals surface area contributed by atoms with E-state index in [1.165, 1.54) is 7.11 Å². The van der Waals surface area contributed by atoms with Gasteiger partial charge in [-0.2, -0.15) is 0 Å². The number of anilines is 1. The van der Waals surface area contributed by atoms with Gasteiger partial charge in [-0.05, 0) is 31.6 Å². The Labute approximate surface area is 101 Å². The number of carbonyl (C=O) groups excluding carboxylic acids is 1. The van der Waals surface area contributed by atoms with Crippen LogP contribution in [0, 0.1) is 0 Å². The smallest absolute Gasteiger partial charge is 0.339 e. The zero-order chi connectivity index (χ0) is 12.7. The Hall–Kier alpha value is -1.81. The van der Waals surface area contributed by atoms with Crippen LogP contribution < -0.4 is 11.1 Å². The average molecular weight is 234 g/mol. The highest BCUT2D eigenvalue weighted by atomic mass is 16.5. The van der Waals surface area contributed by atoms with E-state index in [1.54, 1.807) is 12.1 Å². The number of esters is 1. The largest absolute Gasteiger partial charge is 0.465 e. The van der Waals surface area contributed by atoms with Crippen LogP contribution in [0.15, 0.2) is 24.3 Å². The number of hydrogen-bond acceptors (Lipinski definition) is 4. The van der Waals surface area contributed by atoms with Gasteiger partial charge in [0.25, 0.3) is 0 Å². The maximum atomic E-state index is 11.4. The molecule has 0 saturated carbocycles. The van der Waals surface area contributed by atoms with Gasteiger partial charge in [0.1, 0.15) is 0 Å². The van der Waals surface area contributed by atoms with Crippen molar-refractivity contribution in [1.82, 2.24) is 5.32 Å². The lowest BCUT2D eigenvalue weighted by molar-refractivity contribution is 0.0602. The first-order valence-corrected chi connectivity index (χ1v) is 5.48. The summed E-state index contributed by atoms with van der Waals surface area (Å²) in [5.41, 5.74) is 7.61. The highest BCUT2D eigenvalue weighted by Gasteiger charge is 2.10. The molecule has 0 aliphatic rings. The Morgan fingerprint density at radius 2 is 2.29 bits per heavy atom. The third-order valence-electron chi connectivity index (χ3n) is 2.40. The van der Waals surface area contributed by atoms with E-state index in [2.05, 4.69) is 10.1 Å². The Kier molecular flexibility index (Phi) is 5.23. The second-order valence-electron chi connectivity index (χ2n) is 3.59. The average Bonchev–Trinajstić information content (AvgIpc) is 2.35. The quantitative estimate of drug-likeness (QED) is 0.462. The summed E-state index contributed by atoms with van der Waals surface area (Å²) in [7, 11) is 3.25. The van der Waals surface area contributed by atoms with Crippen LogP contribution in [0.3, 0.4) is 0 Å². The van der Waals surface area contributed by atoms with E-state index in [1.807, 2.05) is 25.3 Å². The maximum absolute atomic E-state index is 11.4. The summed E-state index contributed by atoms with van der Waals surface area (Å²) in [6.07, 6.45) is 4.85. The van der Waals surface area contributed by atoms with Crippen molar-refractivity contribution in [3.63, 3.8) is 0 Å². The van der Waals surface area contributed by atoms with E-state index in [9.17, 15) is 4.79 Å². The van der Waals surface area contributed by atoms with Crippen LogP contribution in [0.2, 0.25) is 0 Å². The van der Waals surface area contributed by atoms with Crippen LogP contribution in [0.5, 0.6) is 0 Å². The molecule has 17 heavy (non-hydrogen) atoms. The number of hydrogen-bond donors (Lipinski definition) is 2. The van der Waals surface area contributed by atoms with Crippen molar-refractivity contribution in [3.8, 4) is 0 Å². The monoisotopic (exact) mass is 234 g/mol. The molecule has 0 aliphatic carbocycles. The molecule has 0 unspecified atom stereocenters. The number of ether oxygens (including phenoxy) is 1. The molecule has 92 valence electrons. The number of carbonyl (C=O) groups is 1. The van der Waals surface area contributed by atoms with Gasteiger partial charge >= 0.3 is 5.97 Å². The first-order valence-electron chi connectivity index (χ1n) is 5.48. The van der Waals surface area contributed by atoms with E-state index in [0.29, 0.717) is 11.3 Å². The zero-order valence-electron chi connectivity index (χ0n) is 10.2. The minimum absolute atomic E-state index is 0.406. The summed E-state index contributed by atoms with van der Waals surface area (Å²) in [6, 6.07) is 5.32. The standard InChI is InChI=1S/C13H18N2O2/c1-15-9-4-3-6-10-7-5-8-11(12(10)14)13(16)17-2/h3,5-8,15H,4,9,14H2,1-2H3. The second-order valence-corrected chi connectivity index (χ2v) is 3.59. The Morgan fingerprint density at radius 3 is 2.94 bits per heavy atom. The molecule has 0 bridgehead atoms. The van der Waals surface area contributed by atoms with Crippen LogP contribution >= 0.6 is 0 Å². The van der Waals surface area contributed by atoms with E-state index in [4.69, 9.17) is 5.73 Å². The summed E-state index contributed by atoms with van der Waals surface area (Å²) < 4.78 is 4.66. The molecule has 3 N–H and O–H groups in total. The van der Waals surface area contributed by atoms with Gasteiger partial charge in [0, 0.05) is 0 Å². The van der Waals surface area contributed by atoms with Crippen LogP contribution in [-0.2, 0) is 4.74 Å². The third kappa shape index (κ3) is 3.60. The summed E-state index contributed by atoms with van der Waals surface area (Å²) in [5, 5.41) is 3.05. The Bertz CT molecular complexity index is 414. The SMILES string of the molecule is CNCCC=Cc1cccc(C(=O)OC)c1N. The van der Waals surface area contributed by atoms with Gasteiger partial charge in [0.2, 0.25) is 0 Å².